The molecule has 1 aromatic carbocycles. The van der Waals surface area contributed by atoms with Gasteiger partial charge in [-0.3, -0.25) is 4.79 Å². The summed E-state index contributed by atoms with van der Waals surface area (Å²) in [6.45, 7) is 0.109. The molecule has 1 fully saturated rings. The third kappa shape index (κ3) is 3.71. The Labute approximate surface area is 118 Å². The highest BCUT2D eigenvalue weighted by Crippen LogP contribution is 2.25. The van der Waals surface area contributed by atoms with Gasteiger partial charge in [-0.2, -0.15) is 0 Å². The molecule has 5 nitrogen and oxygen atoms in total. The highest BCUT2D eigenvalue weighted by Gasteiger charge is 2.29. The van der Waals surface area contributed by atoms with Crippen molar-refractivity contribution in [3.05, 3.63) is 29.8 Å². The second-order valence-electron chi connectivity index (χ2n) is 5.47. The largest absolute Gasteiger partial charge is 0.508 e. The van der Waals surface area contributed by atoms with Gasteiger partial charge in [0.05, 0.1) is 6.04 Å². The Morgan fingerprint density at radius 3 is 2.70 bits per heavy atom. The molecular weight excluding hydrogens is 256 g/mol. The van der Waals surface area contributed by atoms with Crippen molar-refractivity contribution in [1.29, 1.82) is 0 Å². The van der Waals surface area contributed by atoms with Crippen LogP contribution in [0.1, 0.15) is 24.8 Å². The summed E-state index contributed by atoms with van der Waals surface area (Å²) in [7, 11) is 0. The minimum absolute atomic E-state index is 0.0402. The fraction of sp³-hybridized carbons (Fsp3) is 0.533. The molecule has 0 saturated heterocycles. The number of hydrogen-bond acceptors (Lipinski definition) is 4. The van der Waals surface area contributed by atoms with Crippen molar-refractivity contribution in [3.63, 3.8) is 0 Å². The monoisotopic (exact) mass is 278 g/mol. The van der Waals surface area contributed by atoms with Gasteiger partial charge in [-0.1, -0.05) is 18.6 Å². The number of phenols is 1. The van der Waals surface area contributed by atoms with E-state index in [-0.39, 0.29) is 30.2 Å². The summed E-state index contributed by atoms with van der Waals surface area (Å²) in [6.07, 6.45) is 3.32. The number of nitrogens with two attached hydrogens (primary N) is 1. The first-order chi connectivity index (χ1) is 9.60. The number of aliphatic hydroxyl groups is 1. The van der Waals surface area contributed by atoms with Crippen LogP contribution >= 0.6 is 0 Å². The average Bonchev–Trinajstić information content (AvgIpc) is 2.88. The number of carbonyl (C=O) groups is 1. The molecular formula is C15H22N2O3. The van der Waals surface area contributed by atoms with E-state index in [1.165, 1.54) is 0 Å². The van der Waals surface area contributed by atoms with Gasteiger partial charge < -0.3 is 21.3 Å². The fourth-order valence-electron chi connectivity index (χ4n) is 2.71. The fourth-order valence-corrected chi connectivity index (χ4v) is 2.71. The SMILES string of the molecule is NC(Cc1ccc(O)cc1)C(=O)NC1CCCC1CO. The smallest absolute Gasteiger partial charge is 0.237 e. The molecule has 110 valence electrons. The Bertz CT molecular complexity index is 447. The summed E-state index contributed by atoms with van der Waals surface area (Å²) in [6, 6.07) is 6.11. The summed E-state index contributed by atoms with van der Waals surface area (Å²) in [4.78, 5) is 12.1. The molecule has 0 heterocycles. The molecule has 3 unspecified atom stereocenters. The molecule has 0 aliphatic heterocycles. The van der Waals surface area contributed by atoms with Gasteiger partial charge in [0.25, 0.3) is 0 Å². The summed E-state index contributed by atoms with van der Waals surface area (Å²) in [5.41, 5.74) is 6.83. The summed E-state index contributed by atoms with van der Waals surface area (Å²) >= 11 is 0. The molecule has 0 radical (unpaired) electrons. The van der Waals surface area contributed by atoms with Gasteiger partial charge in [-0.15, -0.1) is 0 Å². The molecule has 2 rings (SSSR count). The van der Waals surface area contributed by atoms with Crippen molar-refractivity contribution in [1.82, 2.24) is 5.32 Å². The number of carbonyl (C=O) groups excluding carboxylic acids is 1. The van der Waals surface area contributed by atoms with Crippen molar-refractivity contribution < 1.29 is 15.0 Å². The van der Waals surface area contributed by atoms with E-state index >= 15 is 0 Å². The molecule has 5 heteroatoms. The van der Waals surface area contributed by atoms with Crippen LogP contribution in [-0.2, 0) is 11.2 Å². The van der Waals surface area contributed by atoms with Crippen LogP contribution in [0.2, 0.25) is 0 Å². The lowest BCUT2D eigenvalue weighted by molar-refractivity contribution is -0.123. The maximum Gasteiger partial charge on any atom is 0.237 e. The second-order valence-corrected chi connectivity index (χ2v) is 5.47. The molecule has 0 bridgehead atoms. The minimum atomic E-state index is -0.612. The maximum atomic E-state index is 12.1. The van der Waals surface area contributed by atoms with E-state index in [0.717, 1.165) is 24.8 Å². The van der Waals surface area contributed by atoms with Crippen LogP contribution in [0.5, 0.6) is 5.75 Å². The zero-order chi connectivity index (χ0) is 14.5. The molecule has 1 amide bonds. The van der Waals surface area contributed by atoms with Gasteiger partial charge in [0.1, 0.15) is 5.75 Å². The van der Waals surface area contributed by atoms with Crippen LogP contribution in [0, 0.1) is 5.92 Å². The number of nitrogens with one attached hydrogen (secondary N) is 1. The third-order valence-electron chi connectivity index (χ3n) is 3.95. The van der Waals surface area contributed by atoms with E-state index in [0.29, 0.717) is 6.42 Å². The number of aliphatic hydroxyl groups excluding tert-OH is 1. The lowest BCUT2D eigenvalue weighted by atomic mass is 10.0. The summed E-state index contributed by atoms with van der Waals surface area (Å²) < 4.78 is 0. The van der Waals surface area contributed by atoms with Crippen molar-refractivity contribution in [2.24, 2.45) is 11.7 Å². The van der Waals surface area contributed by atoms with Crippen LogP contribution < -0.4 is 11.1 Å². The van der Waals surface area contributed by atoms with E-state index in [9.17, 15) is 15.0 Å². The van der Waals surface area contributed by atoms with E-state index in [2.05, 4.69) is 5.32 Å². The number of aromatic hydroxyl groups is 1. The van der Waals surface area contributed by atoms with E-state index in [4.69, 9.17) is 5.73 Å². The Hall–Kier alpha value is -1.59. The first-order valence-electron chi connectivity index (χ1n) is 7.05. The quantitative estimate of drug-likeness (QED) is 0.632. The zero-order valence-electron chi connectivity index (χ0n) is 11.5. The van der Waals surface area contributed by atoms with Crippen molar-refractivity contribution in [3.8, 4) is 5.75 Å². The molecule has 1 aromatic rings. The Balaban J connectivity index is 1.87. The van der Waals surface area contributed by atoms with Crippen molar-refractivity contribution >= 4 is 5.91 Å². The Morgan fingerprint density at radius 2 is 2.05 bits per heavy atom. The number of hydrogen-bond donors (Lipinski definition) is 4. The van der Waals surface area contributed by atoms with E-state index < -0.39 is 6.04 Å². The number of amides is 1. The van der Waals surface area contributed by atoms with Crippen LogP contribution in [0.4, 0.5) is 0 Å². The highest BCUT2D eigenvalue weighted by atomic mass is 16.3. The lowest BCUT2D eigenvalue weighted by Gasteiger charge is -2.21. The first kappa shape index (κ1) is 14.8. The third-order valence-corrected chi connectivity index (χ3v) is 3.95. The van der Waals surface area contributed by atoms with Gasteiger partial charge in [0.15, 0.2) is 0 Å². The summed E-state index contributed by atoms with van der Waals surface area (Å²) in [5.74, 6) is 0.173. The molecule has 0 aromatic heterocycles. The summed E-state index contributed by atoms with van der Waals surface area (Å²) in [5, 5.41) is 21.4. The molecule has 20 heavy (non-hydrogen) atoms. The Kier molecular flexibility index (Phi) is 4.98. The van der Waals surface area contributed by atoms with E-state index in [1.807, 2.05) is 0 Å². The van der Waals surface area contributed by atoms with Gasteiger partial charge in [0, 0.05) is 18.6 Å². The topological polar surface area (TPSA) is 95.6 Å². The van der Waals surface area contributed by atoms with Crippen LogP contribution in [0.3, 0.4) is 0 Å². The molecule has 3 atom stereocenters. The first-order valence-corrected chi connectivity index (χ1v) is 7.05. The minimum Gasteiger partial charge on any atom is -0.508 e. The molecule has 1 aliphatic rings. The van der Waals surface area contributed by atoms with Gasteiger partial charge in [-0.25, -0.2) is 0 Å². The van der Waals surface area contributed by atoms with Gasteiger partial charge in [0.2, 0.25) is 5.91 Å². The maximum absolute atomic E-state index is 12.1. The van der Waals surface area contributed by atoms with E-state index in [1.54, 1.807) is 24.3 Å². The number of rotatable bonds is 5. The molecule has 0 spiro atoms. The van der Waals surface area contributed by atoms with Crippen LogP contribution in [0.15, 0.2) is 24.3 Å². The van der Waals surface area contributed by atoms with Gasteiger partial charge >= 0.3 is 0 Å². The average molecular weight is 278 g/mol. The number of benzene rings is 1. The molecule has 5 N–H and O–H groups in total. The van der Waals surface area contributed by atoms with Crippen molar-refractivity contribution in [2.45, 2.75) is 37.8 Å². The van der Waals surface area contributed by atoms with Gasteiger partial charge in [-0.05, 0) is 37.0 Å². The molecule has 1 aliphatic carbocycles. The standard InChI is InChI=1S/C15H22N2O3/c16-13(8-10-4-6-12(19)7-5-10)15(20)17-14-3-1-2-11(14)9-18/h4-7,11,13-14,18-19H,1-3,8-9,16H2,(H,17,20). The normalized spacial score (nSPS) is 23.5. The molecule has 1 saturated carbocycles. The van der Waals surface area contributed by atoms with Crippen LogP contribution in [-0.4, -0.2) is 34.8 Å². The predicted octanol–water partition coefficient (Wildman–Crippen LogP) is 0.539. The lowest BCUT2D eigenvalue weighted by Crippen LogP contribution is -2.48. The predicted molar refractivity (Wildman–Crippen MR) is 76.1 cm³/mol. The highest BCUT2D eigenvalue weighted by molar-refractivity contribution is 5.82. The zero-order valence-corrected chi connectivity index (χ0v) is 11.5. The number of phenolic OH excluding ortho intramolecular Hbond substituents is 1. The van der Waals surface area contributed by atoms with Crippen molar-refractivity contribution in [2.75, 3.05) is 6.61 Å². The second kappa shape index (κ2) is 6.72. The Morgan fingerprint density at radius 1 is 1.35 bits per heavy atom. The van der Waals surface area contributed by atoms with Crippen LogP contribution in [0.25, 0.3) is 0 Å².